The van der Waals surface area contributed by atoms with Crippen LogP contribution in [0.5, 0.6) is 0 Å². The van der Waals surface area contributed by atoms with Crippen molar-refractivity contribution in [3.05, 3.63) is 23.0 Å². The molecule has 0 aromatic carbocycles. The minimum Gasteiger partial charge on any atom is -0.219 e. The van der Waals surface area contributed by atoms with E-state index in [1.807, 2.05) is 13.8 Å². The summed E-state index contributed by atoms with van der Waals surface area (Å²) < 4.78 is 23.7. The monoisotopic (exact) mass is 230 g/mol. The Morgan fingerprint density at radius 3 is 1.53 bits per heavy atom. The van der Waals surface area contributed by atoms with Crippen molar-refractivity contribution in [3.63, 3.8) is 0 Å². The van der Waals surface area contributed by atoms with Crippen LogP contribution in [0.2, 0.25) is 0 Å². The van der Waals surface area contributed by atoms with Gasteiger partial charge in [-0.1, -0.05) is 39.8 Å². The summed E-state index contributed by atoms with van der Waals surface area (Å²) >= 11 is 0. The zero-order chi connectivity index (χ0) is 11.9. The number of allylic oxidation sites excluding steroid dienone is 2. The third-order valence-electron chi connectivity index (χ3n) is 2.38. The van der Waals surface area contributed by atoms with Gasteiger partial charge in [-0.2, -0.15) is 0 Å². The summed E-state index contributed by atoms with van der Waals surface area (Å²) in [6.45, 7) is 11.4. The van der Waals surface area contributed by atoms with Gasteiger partial charge >= 0.3 is 0 Å². The Morgan fingerprint density at radius 2 is 1.27 bits per heavy atom. The fraction of sp³-hybridized carbons (Fsp3) is 0.667. The molecular formula is C12H22O2S. The van der Waals surface area contributed by atoms with Gasteiger partial charge in [-0.15, -0.1) is 0 Å². The maximum atomic E-state index is 11.8. The topological polar surface area (TPSA) is 34.1 Å². The molecule has 0 rings (SSSR count). The van der Waals surface area contributed by atoms with Crippen molar-refractivity contribution in [2.24, 2.45) is 0 Å². The summed E-state index contributed by atoms with van der Waals surface area (Å²) in [5.41, 5.74) is 0. The molecule has 0 aliphatic carbocycles. The van der Waals surface area contributed by atoms with E-state index >= 15 is 0 Å². The van der Waals surface area contributed by atoms with Crippen molar-refractivity contribution in [2.45, 2.75) is 52.4 Å². The van der Waals surface area contributed by atoms with Gasteiger partial charge in [0.05, 0.1) is 0 Å². The van der Waals surface area contributed by atoms with E-state index in [2.05, 4.69) is 13.2 Å². The number of hydrogen-bond acceptors (Lipinski definition) is 2. The lowest BCUT2D eigenvalue weighted by atomic mass is 10.2. The first kappa shape index (κ1) is 14.4. The fourth-order valence-electron chi connectivity index (χ4n) is 1.22. The second-order valence-electron chi connectivity index (χ2n) is 3.79. The lowest BCUT2D eigenvalue weighted by Crippen LogP contribution is -2.06. The number of hydrogen-bond donors (Lipinski definition) is 0. The van der Waals surface area contributed by atoms with Crippen molar-refractivity contribution < 1.29 is 8.42 Å². The van der Waals surface area contributed by atoms with E-state index in [-0.39, 0.29) is 0 Å². The van der Waals surface area contributed by atoms with Gasteiger partial charge in [0, 0.05) is 9.81 Å². The molecule has 15 heavy (non-hydrogen) atoms. The minimum absolute atomic E-state index is 0.324. The van der Waals surface area contributed by atoms with Crippen LogP contribution in [0.25, 0.3) is 0 Å². The number of sulfone groups is 1. The molecule has 0 amide bonds. The van der Waals surface area contributed by atoms with Gasteiger partial charge in [-0.3, -0.25) is 0 Å². The van der Waals surface area contributed by atoms with Crippen molar-refractivity contribution in [1.82, 2.24) is 0 Å². The Balaban J connectivity index is 4.40. The van der Waals surface area contributed by atoms with Gasteiger partial charge in [-0.25, -0.2) is 8.42 Å². The van der Waals surface area contributed by atoms with E-state index in [9.17, 15) is 8.42 Å². The molecule has 0 heterocycles. The molecule has 0 aromatic rings. The van der Waals surface area contributed by atoms with E-state index in [0.717, 1.165) is 25.7 Å². The van der Waals surface area contributed by atoms with Crippen LogP contribution in [0, 0.1) is 0 Å². The molecule has 2 nitrogen and oxygen atoms in total. The second kappa shape index (κ2) is 6.83. The number of rotatable bonds is 8. The highest BCUT2D eigenvalue weighted by atomic mass is 32.2. The van der Waals surface area contributed by atoms with Crippen LogP contribution in [-0.4, -0.2) is 8.42 Å². The highest BCUT2D eigenvalue weighted by Crippen LogP contribution is 2.22. The summed E-state index contributed by atoms with van der Waals surface area (Å²) in [5.74, 6) is 0. The quantitative estimate of drug-likeness (QED) is 0.635. The molecule has 0 aliphatic rings. The molecule has 0 atom stereocenters. The first-order valence-electron chi connectivity index (χ1n) is 5.57. The van der Waals surface area contributed by atoms with Crippen LogP contribution in [0.3, 0.4) is 0 Å². The third-order valence-corrected chi connectivity index (χ3v) is 4.31. The molecular weight excluding hydrogens is 208 g/mol. The molecule has 0 aromatic heterocycles. The minimum atomic E-state index is -3.27. The molecule has 0 radical (unpaired) electrons. The highest BCUT2D eigenvalue weighted by Gasteiger charge is 2.18. The summed E-state index contributed by atoms with van der Waals surface area (Å²) in [7, 11) is -3.27. The Labute approximate surface area is 94.0 Å². The van der Waals surface area contributed by atoms with Gasteiger partial charge in [0.1, 0.15) is 0 Å². The van der Waals surface area contributed by atoms with Gasteiger partial charge < -0.3 is 0 Å². The summed E-state index contributed by atoms with van der Waals surface area (Å²) in [4.78, 5) is 0.649. The van der Waals surface area contributed by atoms with Crippen molar-refractivity contribution in [1.29, 1.82) is 0 Å². The van der Waals surface area contributed by atoms with Gasteiger partial charge in [0.2, 0.25) is 0 Å². The smallest absolute Gasteiger partial charge is 0.197 e. The van der Waals surface area contributed by atoms with Crippen molar-refractivity contribution in [3.8, 4) is 0 Å². The lowest BCUT2D eigenvalue weighted by Gasteiger charge is -2.09. The standard InChI is InChI=1S/C12H22O2S/c1-5-7-9-11(3)15(13,14)12(4)10-8-6-2/h3-10H2,1-2H3. The normalized spacial score (nSPS) is 11.3. The predicted molar refractivity (Wildman–Crippen MR) is 66.2 cm³/mol. The fourth-order valence-corrected chi connectivity index (χ4v) is 2.46. The van der Waals surface area contributed by atoms with Gasteiger partial charge in [0.15, 0.2) is 9.84 Å². The molecule has 0 spiro atoms. The molecule has 0 N–H and O–H groups in total. The largest absolute Gasteiger partial charge is 0.219 e. The molecule has 0 bridgehead atoms. The number of unbranched alkanes of at least 4 members (excludes halogenated alkanes) is 2. The van der Waals surface area contributed by atoms with Gasteiger partial charge in [-0.05, 0) is 25.7 Å². The maximum Gasteiger partial charge on any atom is 0.197 e. The van der Waals surface area contributed by atoms with Crippen LogP contribution < -0.4 is 0 Å². The maximum absolute atomic E-state index is 11.8. The van der Waals surface area contributed by atoms with Crippen LogP contribution in [0.15, 0.2) is 23.0 Å². The van der Waals surface area contributed by atoms with Crippen LogP contribution in [0.4, 0.5) is 0 Å². The second-order valence-corrected chi connectivity index (χ2v) is 5.95. The lowest BCUT2D eigenvalue weighted by molar-refractivity contribution is 0.602. The van der Waals surface area contributed by atoms with Gasteiger partial charge in [0.25, 0.3) is 0 Å². The highest BCUT2D eigenvalue weighted by molar-refractivity contribution is 7.98. The summed E-state index contributed by atoms with van der Waals surface area (Å²) in [6.07, 6.45) is 4.83. The third kappa shape index (κ3) is 4.65. The Kier molecular flexibility index (Phi) is 6.57. The molecule has 0 saturated heterocycles. The van der Waals surface area contributed by atoms with E-state index in [1.165, 1.54) is 0 Å². The van der Waals surface area contributed by atoms with Crippen LogP contribution in [0.1, 0.15) is 52.4 Å². The molecule has 0 unspecified atom stereocenters. The van der Waals surface area contributed by atoms with E-state index in [4.69, 9.17) is 0 Å². The average Bonchev–Trinajstić information content (AvgIpc) is 2.21. The zero-order valence-electron chi connectivity index (χ0n) is 9.88. The van der Waals surface area contributed by atoms with E-state index in [0.29, 0.717) is 22.7 Å². The molecule has 3 heteroatoms. The first-order valence-corrected chi connectivity index (χ1v) is 7.05. The molecule has 0 fully saturated rings. The molecule has 88 valence electrons. The Hall–Kier alpha value is -0.570. The Bertz CT molecular complexity index is 287. The first-order chi connectivity index (χ1) is 6.96. The van der Waals surface area contributed by atoms with Crippen molar-refractivity contribution in [2.75, 3.05) is 0 Å². The predicted octanol–water partition coefficient (Wildman–Crippen LogP) is 3.81. The van der Waals surface area contributed by atoms with Crippen molar-refractivity contribution >= 4 is 9.84 Å². The molecule has 0 aliphatic heterocycles. The van der Waals surface area contributed by atoms with Crippen LogP contribution >= 0.6 is 0 Å². The van der Waals surface area contributed by atoms with E-state index < -0.39 is 9.84 Å². The zero-order valence-corrected chi connectivity index (χ0v) is 10.7. The Morgan fingerprint density at radius 1 is 0.933 bits per heavy atom. The summed E-state index contributed by atoms with van der Waals surface area (Å²) in [6, 6.07) is 0. The van der Waals surface area contributed by atoms with E-state index in [1.54, 1.807) is 0 Å². The average molecular weight is 230 g/mol. The van der Waals surface area contributed by atoms with Crippen LogP contribution in [-0.2, 0) is 9.84 Å². The summed E-state index contributed by atoms with van der Waals surface area (Å²) in [5, 5.41) is 0. The molecule has 0 saturated carbocycles. The SMILES string of the molecule is C=C(CCCC)S(=O)(=O)C(=C)CCCC.